The SMILES string of the molecule is Cc1nn(-c2ncc(NC(=O)c3ccc([N+](=O)[O-])o3)cn2)c(C)c1C. The molecule has 0 unspecified atom stereocenters. The van der Waals surface area contributed by atoms with Gasteiger partial charge in [0, 0.05) is 5.69 Å². The van der Waals surface area contributed by atoms with Gasteiger partial charge in [-0.2, -0.15) is 5.10 Å². The van der Waals surface area contributed by atoms with Crippen LogP contribution in [0.5, 0.6) is 0 Å². The van der Waals surface area contributed by atoms with Crippen LogP contribution in [0.4, 0.5) is 11.6 Å². The Morgan fingerprint density at radius 1 is 1.24 bits per heavy atom. The number of anilines is 1. The topological polar surface area (TPSA) is 129 Å². The monoisotopic (exact) mass is 342 g/mol. The van der Waals surface area contributed by atoms with Crippen molar-refractivity contribution in [3.05, 3.63) is 57.4 Å². The highest BCUT2D eigenvalue weighted by molar-refractivity contribution is 6.02. The maximum absolute atomic E-state index is 12.0. The van der Waals surface area contributed by atoms with Crippen LogP contribution in [-0.4, -0.2) is 30.6 Å². The summed E-state index contributed by atoms with van der Waals surface area (Å²) in [5.74, 6) is -0.937. The Labute approximate surface area is 141 Å². The number of nitrogens with zero attached hydrogens (tertiary/aromatic N) is 5. The molecule has 0 aromatic carbocycles. The lowest BCUT2D eigenvalue weighted by atomic mass is 10.2. The zero-order chi connectivity index (χ0) is 18.1. The lowest BCUT2D eigenvalue weighted by Gasteiger charge is -2.05. The molecule has 0 radical (unpaired) electrons. The average molecular weight is 342 g/mol. The van der Waals surface area contributed by atoms with Crippen LogP contribution in [0, 0.1) is 30.9 Å². The largest absolute Gasteiger partial charge is 0.433 e. The van der Waals surface area contributed by atoms with E-state index in [4.69, 9.17) is 4.42 Å². The number of nitrogens with one attached hydrogen (secondary N) is 1. The molecule has 0 spiro atoms. The van der Waals surface area contributed by atoms with Crippen LogP contribution in [0.1, 0.15) is 27.5 Å². The average Bonchev–Trinajstić information content (AvgIpc) is 3.17. The molecule has 1 N–H and O–H groups in total. The van der Waals surface area contributed by atoms with Crippen LogP contribution in [0.15, 0.2) is 28.9 Å². The molecule has 1 amide bonds. The van der Waals surface area contributed by atoms with E-state index in [1.165, 1.54) is 18.5 Å². The molecule has 0 aliphatic heterocycles. The van der Waals surface area contributed by atoms with Crippen LogP contribution in [0.25, 0.3) is 5.95 Å². The first-order chi connectivity index (χ1) is 11.9. The van der Waals surface area contributed by atoms with Gasteiger partial charge in [0.25, 0.3) is 11.9 Å². The Balaban J connectivity index is 1.77. The van der Waals surface area contributed by atoms with Gasteiger partial charge in [-0.3, -0.25) is 14.9 Å². The lowest BCUT2D eigenvalue weighted by Crippen LogP contribution is -2.12. The van der Waals surface area contributed by atoms with Gasteiger partial charge in [-0.15, -0.1) is 0 Å². The Morgan fingerprint density at radius 2 is 1.92 bits per heavy atom. The molecule has 0 aliphatic rings. The van der Waals surface area contributed by atoms with Gasteiger partial charge in [0.1, 0.15) is 4.92 Å². The predicted molar refractivity (Wildman–Crippen MR) is 86.7 cm³/mol. The van der Waals surface area contributed by atoms with E-state index in [0.717, 1.165) is 23.0 Å². The fourth-order valence-corrected chi connectivity index (χ4v) is 2.15. The number of rotatable bonds is 4. The molecule has 3 aromatic heterocycles. The number of hydrogen-bond donors (Lipinski definition) is 1. The summed E-state index contributed by atoms with van der Waals surface area (Å²) in [7, 11) is 0. The van der Waals surface area contributed by atoms with E-state index < -0.39 is 16.7 Å². The van der Waals surface area contributed by atoms with Crippen molar-refractivity contribution in [3.8, 4) is 5.95 Å². The molecule has 0 aliphatic carbocycles. The van der Waals surface area contributed by atoms with Crippen molar-refractivity contribution in [3.63, 3.8) is 0 Å². The molecular weight excluding hydrogens is 328 g/mol. The molecule has 10 heteroatoms. The predicted octanol–water partition coefficient (Wildman–Crippen LogP) is 2.34. The van der Waals surface area contributed by atoms with Gasteiger partial charge in [0.2, 0.25) is 0 Å². The first-order valence-corrected chi connectivity index (χ1v) is 7.27. The second-order valence-electron chi connectivity index (χ2n) is 5.33. The molecule has 0 atom stereocenters. The van der Waals surface area contributed by atoms with E-state index in [2.05, 4.69) is 20.4 Å². The van der Waals surface area contributed by atoms with Gasteiger partial charge >= 0.3 is 5.88 Å². The van der Waals surface area contributed by atoms with Crippen molar-refractivity contribution >= 4 is 17.5 Å². The van der Waals surface area contributed by atoms with Gasteiger partial charge in [-0.05, 0) is 32.4 Å². The minimum Gasteiger partial charge on any atom is -0.395 e. The Kier molecular flexibility index (Phi) is 4.01. The smallest absolute Gasteiger partial charge is 0.395 e. The fourth-order valence-electron chi connectivity index (χ4n) is 2.15. The van der Waals surface area contributed by atoms with Gasteiger partial charge in [0.15, 0.2) is 5.76 Å². The molecule has 0 bridgehead atoms. The van der Waals surface area contributed by atoms with Crippen LogP contribution < -0.4 is 5.32 Å². The van der Waals surface area contributed by atoms with Crippen molar-refractivity contribution in [1.82, 2.24) is 19.7 Å². The van der Waals surface area contributed by atoms with Crippen LogP contribution in [0.3, 0.4) is 0 Å². The number of carbonyl (C=O) groups is 1. The van der Waals surface area contributed by atoms with Gasteiger partial charge in [0.05, 0.1) is 29.8 Å². The Hall–Kier alpha value is -3.56. The van der Waals surface area contributed by atoms with Crippen molar-refractivity contribution < 1.29 is 14.1 Å². The highest BCUT2D eigenvalue weighted by Crippen LogP contribution is 2.18. The third-order valence-corrected chi connectivity index (χ3v) is 3.73. The molecule has 0 saturated heterocycles. The molecule has 3 heterocycles. The first kappa shape index (κ1) is 16.3. The van der Waals surface area contributed by atoms with Crippen molar-refractivity contribution in [2.75, 3.05) is 5.32 Å². The number of hydrogen-bond acceptors (Lipinski definition) is 7. The summed E-state index contributed by atoms with van der Waals surface area (Å²) in [5.41, 5.74) is 3.20. The molecule has 10 nitrogen and oxygen atoms in total. The Bertz CT molecular complexity index is 957. The second-order valence-corrected chi connectivity index (χ2v) is 5.33. The van der Waals surface area contributed by atoms with E-state index >= 15 is 0 Å². The first-order valence-electron chi connectivity index (χ1n) is 7.27. The van der Waals surface area contributed by atoms with Gasteiger partial charge in [-0.25, -0.2) is 14.6 Å². The summed E-state index contributed by atoms with van der Waals surface area (Å²) >= 11 is 0. The highest BCUT2D eigenvalue weighted by Gasteiger charge is 2.18. The molecular formula is C15H14N6O4. The third-order valence-electron chi connectivity index (χ3n) is 3.73. The summed E-state index contributed by atoms with van der Waals surface area (Å²) in [6, 6.07) is 2.33. The third kappa shape index (κ3) is 3.09. The van der Waals surface area contributed by atoms with Crippen molar-refractivity contribution in [2.45, 2.75) is 20.8 Å². The summed E-state index contributed by atoms with van der Waals surface area (Å²) in [4.78, 5) is 30.2. The van der Waals surface area contributed by atoms with E-state index in [9.17, 15) is 14.9 Å². The quantitative estimate of drug-likeness (QED) is 0.569. The number of amides is 1. The minimum atomic E-state index is -0.717. The maximum Gasteiger partial charge on any atom is 0.433 e. The molecule has 3 rings (SSSR count). The Morgan fingerprint density at radius 3 is 2.44 bits per heavy atom. The normalized spacial score (nSPS) is 10.7. The summed E-state index contributed by atoms with van der Waals surface area (Å²) in [5, 5.41) is 17.4. The van der Waals surface area contributed by atoms with Gasteiger partial charge < -0.3 is 9.73 Å². The standard InChI is InChI=1S/C15H14N6O4/c1-8-9(2)19-20(10(8)3)15-16-6-11(7-17-15)18-14(22)12-4-5-13(25-12)21(23)24/h4-7H,1-3H3,(H,18,22). The maximum atomic E-state index is 12.0. The lowest BCUT2D eigenvalue weighted by molar-refractivity contribution is -0.402. The summed E-state index contributed by atoms with van der Waals surface area (Å²) in [6.45, 7) is 5.78. The molecule has 0 saturated carbocycles. The van der Waals surface area contributed by atoms with Crippen LogP contribution in [0.2, 0.25) is 0 Å². The second kappa shape index (κ2) is 6.15. The molecule has 25 heavy (non-hydrogen) atoms. The van der Waals surface area contributed by atoms with Gasteiger partial charge in [-0.1, -0.05) is 0 Å². The number of aromatic nitrogens is 4. The zero-order valence-corrected chi connectivity index (χ0v) is 13.7. The van der Waals surface area contributed by atoms with E-state index in [1.54, 1.807) is 4.68 Å². The fraction of sp³-hybridized carbons (Fsp3) is 0.200. The van der Waals surface area contributed by atoms with Crippen LogP contribution in [-0.2, 0) is 0 Å². The number of nitro groups is 1. The van der Waals surface area contributed by atoms with Crippen molar-refractivity contribution in [2.24, 2.45) is 0 Å². The zero-order valence-electron chi connectivity index (χ0n) is 13.7. The number of aryl methyl sites for hydroxylation is 1. The molecule has 128 valence electrons. The van der Waals surface area contributed by atoms with E-state index in [-0.39, 0.29) is 5.76 Å². The van der Waals surface area contributed by atoms with E-state index in [0.29, 0.717) is 11.6 Å². The van der Waals surface area contributed by atoms with Crippen LogP contribution >= 0.6 is 0 Å². The molecule has 0 fully saturated rings. The minimum absolute atomic E-state index is 0.176. The van der Waals surface area contributed by atoms with E-state index in [1.807, 2.05) is 20.8 Å². The van der Waals surface area contributed by atoms with Crippen molar-refractivity contribution in [1.29, 1.82) is 0 Å². The number of furan rings is 1. The highest BCUT2D eigenvalue weighted by atomic mass is 16.6. The summed E-state index contributed by atoms with van der Waals surface area (Å²) < 4.78 is 6.45. The summed E-state index contributed by atoms with van der Waals surface area (Å²) in [6.07, 6.45) is 2.84. The number of carbonyl (C=O) groups excluding carboxylic acids is 1. The molecule has 3 aromatic rings.